The van der Waals surface area contributed by atoms with Gasteiger partial charge >= 0.3 is 0 Å². The molecule has 66 valence electrons. The molecule has 0 aliphatic carbocycles. The lowest BCUT2D eigenvalue weighted by atomic mass is 10.3. The highest BCUT2D eigenvalue weighted by Crippen LogP contribution is 2.16. The molecule has 2 rings (SSSR count). The summed E-state index contributed by atoms with van der Waals surface area (Å²) in [5.41, 5.74) is 0.822. The van der Waals surface area contributed by atoms with Crippen LogP contribution in [-0.2, 0) is 5.75 Å². The molecule has 0 aliphatic rings. The van der Waals surface area contributed by atoms with Crippen molar-refractivity contribution in [2.75, 3.05) is 0 Å². The molecule has 5 heteroatoms. The third-order valence-electron chi connectivity index (χ3n) is 1.51. The van der Waals surface area contributed by atoms with E-state index in [1.165, 1.54) is 0 Å². The second kappa shape index (κ2) is 3.57. The molecule has 4 nitrogen and oxygen atoms in total. The first-order valence-electron chi connectivity index (χ1n) is 3.74. The van der Waals surface area contributed by atoms with Gasteiger partial charge in [-0.25, -0.2) is 0 Å². The zero-order valence-corrected chi connectivity index (χ0v) is 7.61. The van der Waals surface area contributed by atoms with Gasteiger partial charge in [-0.1, -0.05) is 0 Å². The second-order valence-electron chi connectivity index (χ2n) is 2.40. The Morgan fingerprint density at radius 2 is 2.31 bits per heavy atom. The molecule has 0 amide bonds. The molecule has 0 N–H and O–H groups in total. The van der Waals surface area contributed by atoms with Crippen LogP contribution in [0, 0.1) is 0 Å². The fraction of sp³-hybridized carbons (Fsp3) is 0.125. The quantitative estimate of drug-likeness (QED) is 0.735. The van der Waals surface area contributed by atoms with E-state index in [1.54, 1.807) is 12.4 Å². The predicted octanol–water partition coefficient (Wildman–Crippen LogP) is 1.56. The van der Waals surface area contributed by atoms with E-state index in [2.05, 4.69) is 27.8 Å². The lowest BCUT2D eigenvalue weighted by Crippen LogP contribution is -1.78. The molecule has 0 spiro atoms. The average Bonchev–Trinajstić information content (AvgIpc) is 2.67. The summed E-state index contributed by atoms with van der Waals surface area (Å²) >= 11 is 4.02. The Hall–Kier alpha value is -1.36. The summed E-state index contributed by atoms with van der Waals surface area (Å²) in [4.78, 5) is 3.95. The number of thiol groups is 1. The molecule has 0 radical (unpaired) electrons. The van der Waals surface area contributed by atoms with Gasteiger partial charge in [0.25, 0.3) is 0 Å². The minimum Gasteiger partial charge on any atom is -0.420 e. The third-order valence-corrected chi connectivity index (χ3v) is 1.78. The zero-order valence-electron chi connectivity index (χ0n) is 6.71. The van der Waals surface area contributed by atoms with Crippen LogP contribution in [0.5, 0.6) is 0 Å². The summed E-state index contributed by atoms with van der Waals surface area (Å²) < 4.78 is 5.28. The van der Waals surface area contributed by atoms with E-state index in [9.17, 15) is 0 Å². The minimum absolute atomic E-state index is 0.452. The maximum absolute atomic E-state index is 5.28. The topological polar surface area (TPSA) is 51.8 Å². The standard InChI is InChI=1S/C8H7N3OS/c13-5-7-10-11-8(12-7)6-2-1-3-9-4-6/h1-4,13H,5H2. The summed E-state index contributed by atoms with van der Waals surface area (Å²) in [7, 11) is 0. The molecule has 2 aromatic rings. The van der Waals surface area contributed by atoms with Crippen molar-refractivity contribution in [3.8, 4) is 11.5 Å². The number of hydrogen-bond acceptors (Lipinski definition) is 5. The predicted molar refractivity (Wildman–Crippen MR) is 50.2 cm³/mol. The molecular weight excluding hydrogens is 186 g/mol. The molecule has 13 heavy (non-hydrogen) atoms. The number of nitrogens with zero attached hydrogens (tertiary/aromatic N) is 3. The normalized spacial score (nSPS) is 10.2. The highest BCUT2D eigenvalue weighted by molar-refractivity contribution is 7.79. The number of rotatable bonds is 2. The molecule has 0 atom stereocenters. The number of pyridine rings is 1. The highest BCUT2D eigenvalue weighted by Gasteiger charge is 2.05. The summed E-state index contributed by atoms with van der Waals surface area (Å²) in [6.07, 6.45) is 3.37. The van der Waals surface area contributed by atoms with Crippen LogP contribution in [0.1, 0.15) is 5.89 Å². The molecule has 0 aromatic carbocycles. The van der Waals surface area contributed by atoms with Gasteiger partial charge in [0.1, 0.15) is 0 Å². The van der Waals surface area contributed by atoms with Gasteiger partial charge < -0.3 is 4.42 Å². The van der Waals surface area contributed by atoms with Crippen molar-refractivity contribution in [2.45, 2.75) is 5.75 Å². The first kappa shape index (κ1) is 8.25. The first-order valence-corrected chi connectivity index (χ1v) is 4.37. The van der Waals surface area contributed by atoms with Crippen LogP contribution < -0.4 is 0 Å². The smallest absolute Gasteiger partial charge is 0.249 e. The summed E-state index contributed by atoms with van der Waals surface area (Å²) in [6, 6.07) is 3.68. The Morgan fingerprint density at radius 3 is 2.92 bits per heavy atom. The van der Waals surface area contributed by atoms with Crippen LogP contribution in [-0.4, -0.2) is 15.2 Å². The summed E-state index contributed by atoms with van der Waals surface area (Å²) in [6.45, 7) is 0. The van der Waals surface area contributed by atoms with Gasteiger partial charge in [-0.15, -0.1) is 10.2 Å². The third kappa shape index (κ3) is 1.70. The van der Waals surface area contributed by atoms with Gasteiger partial charge in [0.15, 0.2) is 0 Å². The van der Waals surface area contributed by atoms with Crippen LogP contribution in [0.25, 0.3) is 11.5 Å². The van der Waals surface area contributed by atoms with E-state index in [0.29, 0.717) is 17.5 Å². The Balaban J connectivity index is 2.36. The van der Waals surface area contributed by atoms with Gasteiger partial charge in [-0.2, -0.15) is 12.6 Å². The van der Waals surface area contributed by atoms with E-state index >= 15 is 0 Å². The lowest BCUT2D eigenvalue weighted by molar-refractivity contribution is 0.529. The minimum atomic E-state index is 0.452. The maximum Gasteiger partial charge on any atom is 0.249 e. The maximum atomic E-state index is 5.28. The van der Waals surface area contributed by atoms with Crippen LogP contribution in [0.2, 0.25) is 0 Å². The molecule has 2 heterocycles. The molecule has 0 saturated carbocycles. The van der Waals surface area contributed by atoms with Crippen molar-refractivity contribution in [3.05, 3.63) is 30.4 Å². The van der Waals surface area contributed by atoms with E-state index in [1.807, 2.05) is 12.1 Å². The van der Waals surface area contributed by atoms with Crippen molar-refractivity contribution in [2.24, 2.45) is 0 Å². The van der Waals surface area contributed by atoms with E-state index in [0.717, 1.165) is 5.56 Å². The van der Waals surface area contributed by atoms with E-state index < -0.39 is 0 Å². The Bertz CT molecular complexity index is 387. The Kier molecular flexibility index (Phi) is 2.27. The average molecular weight is 193 g/mol. The monoisotopic (exact) mass is 193 g/mol. The van der Waals surface area contributed by atoms with Gasteiger partial charge in [0.05, 0.1) is 11.3 Å². The van der Waals surface area contributed by atoms with Gasteiger partial charge in [0, 0.05) is 12.4 Å². The molecular formula is C8H7N3OS. The van der Waals surface area contributed by atoms with Crippen LogP contribution in [0.15, 0.2) is 28.9 Å². The van der Waals surface area contributed by atoms with Crippen LogP contribution in [0.3, 0.4) is 0 Å². The molecule has 0 saturated heterocycles. The van der Waals surface area contributed by atoms with Crippen molar-refractivity contribution in [1.82, 2.24) is 15.2 Å². The van der Waals surface area contributed by atoms with E-state index in [-0.39, 0.29) is 0 Å². The van der Waals surface area contributed by atoms with Crippen molar-refractivity contribution in [1.29, 1.82) is 0 Å². The van der Waals surface area contributed by atoms with Crippen molar-refractivity contribution < 1.29 is 4.42 Å². The molecule has 0 fully saturated rings. The Morgan fingerprint density at radius 1 is 1.38 bits per heavy atom. The fourth-order valence-electron chi connectivity index (χ4n) is 0.923. The second-order valence-corrected chi connectivity index (χ2v) is 2.72. The number of aromatic nitrogens is 3. The van der Waals surface area contributed by atoms with Crippen LogP contribution >= 0.6 is 12.6 Å². The number of hydrogen-bond donors (Lipinski definition) is 1. The lowest BCUT2D eigenvalue weighted by Gasteiger charge is -1.90. The summed E-state index contributed by atoms with van der Waals surface area (Å²) in [5.74, 6) is 1.45. The Labute approximate surface area is 80.4 Å². The molecule has 0 aliphatic heterocycles. The largest absolute Gasteiger partial charge is 0.420 e. The van der Waals surface area contributed by atoms with Crippen molar-refractivity contribution >= 4 is 12.6 Å². The van der Waals surface area contributed by atoms with Gasteiger partial charge in [0.2, 0.25) is 11.8 Å². The molecule has 0 bridgehead atoms. The van der Waals surface area contributed by atoms with Gasteiger partial charge in [-0.05, 0) is 12.1 Å². The van der Waals surface area contributed by atoms with E-state index in [4.69, 9.17) is 4.42 Å². The van der Waals surface area contributed by atoms with Gasteiger partial charge in [-0.3, -0.25) is 4.98 Å². The highest BCUT2D eigenvalue weighted by atomic mass is 32.1. The fourth-order valence-corrected chi connectivity index (χ4v) is 1.05. The summed E-state index contributed by atoms with van der Waals surface area (Å²) in [5, 5.41) is 7.64. The zero-order chi connectivity index (χ0) is 9.10. The molecule has 2 aromatic heterocycles. The molecule has 0 unspecified atom stereocenters. The van der Waals surface area contributed by atoms with Crippen molar-refractivity contribution in [3.63, 3.8) is 0 Å². The SMILES string of the molecule is SCc1nnc(-c2cccnc2)o1. The van der Waals surface area contributed by atoms with Crippen LogP contribution in [0.4, 0.5) is 0 Å². The first-order chi connectivity index (χ1) is 6.40.